The van der Waals surface area contributed by atoms with Gasteiger partial charge in [-0.25, -0.2) is 5.43 Å². The van der Waals surface area contributed by atoms with Crippen LogP contribution < -0.4 is 16.1 Å². The van der Waals surface area contributed by atoms with Crippen molar-refractivity contribution < 1.29 is 33.4 Å². The number of rotatable bonds is 1. The Labute approximate surface area is 250 Å². The maximum absolute atomic E-state index is 13.7. The van der Waals surface area contributed by atoms with E-state index in [0.29, 0.717) is 25.1 Å². The van der Waals surface area contributed by atoms with Crippen LogP contribution >= 0.6 is 0 Å². The van der Waals surface area contributed by atoms with E-state index in [9.17, 15) is 19.2 Å². The number of carbonyl (C=O) groups excluding carboxylic acids is 4. The number of benzene rings is 1. The van der Waals surface area contributed by atoms with Crippen LogP contribution in [0.5, 0.6) is 0 Å². The smallest absolute Gasteiger partial charge is 0.321 e. The second-order valence-corrected chi connectivity index (χ2v) is 11.8. The quantitative estimate of drug-likeness (QED) is 0.422. The van der Waals surface area contributed by atoms with Crippen LogP contribution in [0.1, 0.15) is 57.8 Å². The van der Waals surface area contributed by atoms with Gasteiger partial charge in [0, 0.05) is 11.9 Å². The van der Waals surface area contributed by atoms with Crippen LogP contribution in [0.3, 0.4) is 0 Å². The summed E-state index contributed by atoms with van der Waals surface area (Å²) in [4.78, 5) is 58.3. The van der Waals surface area contributed by atoms with Crippen molar-refractivity contribution in [3.05, 3.63) is 47.7 Å². The summed E-state index contributed by atoms with van der Waals surface area (Å²) in [7, 11) is 0. The Bertz CT molecular complexity index is 1420. The fourth-order valence-electron chi connectivity index (χ4n) is 5.42. The number of pyridine rings is 1. The number of ether oxygens (including phenoxy) is 3. The molecule has 0 aliphatic carbocycles. The molecule has 2 fully saturated rings. The Kier molecular flexibility index (Phi) is 9.09. The topological polar surface area (TPSA) is 148 Å². The van der Waals surface area contributed by atoms with E-state index in [2.05, 4.69) is 16.1 Å². The number of amides is 3. The zero-order chi connectivity index (χ0) is 30.7. The fraction of sp³-hybridized carbons (Fsp3) is 0.516. The third-order valence-corrected chi connectivity index (χ3v) is 8.02. The molecule has 4 heterocycles. The fourth-order valence-corrected chi connectivity index (χ4v) is 5.42. The summed E-state index contributed by atoms with van der Waals surface area (Å²) in [5.41, 5.74) is 3.92. The van der Waals surface area contributed by atoms with Crippen LogP contribution in [0, 0.1) is 11.3 Å². The Morgan fingerprint density at radius 2 is 1.70 bits per heavy atom. The average Bonchev–Trinajstić information content (AvgIpc) is 3.01. The van der Waals surface area contributed by atoms with Gasteiger partial charge in [0.1, 0.15) is 24.3 Å². The van der Waals surface area contributed by atoms with Gasteiger partial charge in [0.05, 0.1) is 30.5 Å². The van der Waals surface area contributed by atoms with Crippen LogP contribution in [0.4, 0.5) is 0 Å². The number of aromatic nitrogens is 1. The van der Waals surface area contributed by atoms with Gasteiger partial charge in [-0.05, 0) is 50.3 Å². The summed E-state index contributed by atoms with van der Waals surface area (Å²) in [6, 6.07) is 7.60. The number of hydrazine groups is 1. The van der Waals surface area contributed by atoms with Crippen molar-refractivity contribution in [2.24, 2.45) is 11.3 Å². The third kappa shape index (κ3) is 6.71. The van der Waals surface area contributed by atoms with Crippen molar-refractivity contribution in [2.75, 3.05) is 26.6 Å². The first-order valence-electron chi connectivity index (χ1n) is 14.7. The molecule has 3 aliphatic heterocycles. The SMILES string of the molecule is CC(C)[C@@H]1OC(=O)C2(C=Cc3ccc4ccc(nc4c3)[C@@H](C)NC(=O)[C@@H]3CCCN(N3)C(=O)[C@H](C)NC1=O)COCOC2. The van der Waals surface area contributed by atoms with Crippen LogP contribution in [0.2, 0.25) is 0 Å². The Hall–Kier alpha value is -3.87. The molecule has 3 N–H and O–H groups in total. The highest BCUT2D eigenvalue weighted by atomic mass is 16.7. The second-order valence-electron chi connectivity index (χ2n) is 11.8. The predicted octanol–water partition coefficient (Wildman–Crippen LogP) is 2.00. The largest absolute Gasteiger partial charge is 0.451 e. The maximum atomic E-state index is 13.7. The van der Waals surface area contributed by atoms with Gasteiger partial charge in [0.2, 0.25) is 5.91 Å². The highest BCUT2D eigenvalue weighted by Crippen LogP contribution is 2.29. The molecule has 1 aromatic carbocycles. The van der Waals surface area contributed by atoms with Gasteiger partial charge in [-0.2, -0.15) is 0 Å². The minimum atomic E-state index is -1.29. The van der Waals surface area contributed by atoms with Gasteiger partial charge in [0.15, 0.2) is 6.10 Å². The van der Waals surface area contributed by atoms with Crippen LogP contribution in [-0.2, 0) is 33.4 Å². The molecule has 4 atom stereocenters. The summed E-state index contributed by atoms with van der Waals surface area (Å²) in [6.07, 6.45) is 3.46. The Balaban J connectivity index is 1.53. The standard InChI is InChI=1S/C31H39N5O7/c1-18(2)26-28(38)33-20(4)29(39)36-13-5-6-24(35-36)27(37)32-19(3)23-10-9-22-8-7-21(14-25(22)34-23)11-12-31(30(40)43-26)15-41-17-42-16-31/h7-12,14,18-20,24,26,35H,5-6,13,15-17H2,1-4H3,(H,32,37)(H,33,38)/t19-,20+,24+,26+/m1/s1. The maximum Gasteiger partial charge on any atom is 0.321 e. The molecule has 0 radical (unpaired) electrons. The summed E-state index contributed by atoms with van der Waals surface area (Å²) < 4.78 is 16.9. The second kappa shape index (κ2) is 12.8. The van der Waals surface area contributed by atoms with Gasteiger partial charge in [-0.15, -0.1) is 0 Å². The van der Waals surface area contributed by atoms with E-state index in [-0.39, 0.29) is 37.9 Å². The first-order valence-corrected chi connectivity index (χ1v) is 14.7. The molecule has 2 aromatic rings. The molecular weight excluding hydrogens is 554 g/mol. The molecule has 0 saturated carbocycles. The highest BCUT2D eigenvalue weighted by molar-refractivity contribution is 5.92. The van der Waals surface area contributed by atoms with Gasteiger partial charge < -0.3 is 24.8 Å². The molecule has 5 rings (SSSR count). The van der Waals surface area contributed by atoms with E-state index in [4.69, 9.17) is 19.2 Å². The molecule has 5 bridgehead atoms. The number of nitrogens with zero attached hydrogens (tertiary/aromatic N) is 2. The number of fused-ring (bicyclic) bond motifs is 4. The van der Waals surface area contributed by atoms with Gasteiger partial charge in [0.25, 0.3) is 11.8 Å². The van der Waals surface area contributed by atoms with Crippen LogP contribution in [0.25, 0.3) is 17.0 Å². The number of esters is 1. The lowest BCUT2D eigenvalue weighted by Crippen LogP contribution is -2.61. The Morgan fingerprint density at radius 1 is 0.977 bits per heavy atom. The lowest BCUT2D eigenvalue weighted by molar-refractivity contribution is -0.192. The molecule has 12 nitrogen and oxygen atoms in total. The van der Waals surface area contributed by atoms with E-state index < -0.39 is 41.4 Å². The number of hydrogen-bond donors (Lipinski definition) is 3. The first kappa shape index (κ1) is 30.6. The molecular formula is C31H39N5O7. The Morgan fingerprint density at radius 3 is 2.44 bits per heavy atom. The molecule has 43 heavy (non-hydrogen) atoms. The van der Waals surface area contributed by atoms with Crippen molar-refractivity contribution in [3.63, 3.8) is 0 Å². The van der Waals surface area contributed by atoms with Crippen molar-refractivity contribution in [1.29, 1.82) is 0 Å². The van der Waals surface area contributed by atoms with Gasteiger partial charge in [-0.1, -0.05) is 44.2 Å². The molecule has 3 aliphatic rings. The normalized spacial score (nSPS) is 27.2. The molecule has 3 amide bonds. The van der Waals surface area contributed by atoms with Crippen molar-refractivity contribution in [3.8, 4) is 0 Å². The minimum Gasteiger partial charge on any atom is -0.451 e. The van der Waals surface area contributed by atoms with E-state index in [1.807, 2.05) is 37.3 Å². The molecule has 230 valence electrons. The van der Waals surface area contributed by atoms with Crippen molar-refractivity contribution >= 4 is 40.7 Å². The van der Waals surface area contributed by atoms with E-state index in [1.54, 1.807) is 32.9 Å². The van der Waals surface area contributed by atoms with E-state index in [1.165, 1.54) is 5.01 Å². The molecule has 1 spiro atoms. The molecule has 0 unspecified atom stereocenters. The van der Waals surface area contributed by atoms with Crippen LogP contribution in [0.15, 0.2) is 36.4 Å². The third-order valence-electron chi connectivity index (χ3n) is 8.02. The first-order chi connectivity index (χ1) is 20.6. The van der Waals surface area contributed by atoms with E-state index >= 15 is 0 Å². The molecule has 2 saturated heterocycles. The zero-order valence-corrected chi connectivity index (χ0v) is 24.9. The van der Waals surface area contributed by atoms with Gasteiger partial charge in [-0.3, -0.25) is 29.2 Å². The predicted molar refractivity (Wildman–Crippen MR) is 157 cm³/mol. The summed E-state index contributed by atoms with van der Waals surface area (Å²) >= 11 is 0. The number of cyclic esters (lactones) is 1. The average molecular weight is 594 g/mol. The van der Waals surface area contributed by atoms with E-state index in [0.717, 1.165) is 16.5 Å². The monoisotopic (exact) mass is 593 g/mol. The van der Waals surface area contributed by atoms with Crippen LogP contribution in [-0.4, -0.2) is 78.4 Å². The van der Waals surface area contributed by atoms with Gasteiger partial charge >= 0.3 is 5.97 Å². The highest BCUT2D eigenvalue weighted by Gasteiger charge is 2.44. The summed E-state index contributed by atoms with van der Waals surface area (Å²) in [5.74, 6) is -2.30. The minimum absolute atomic E-state index is 0.0125. The number of nitrogens with one attached hydrogen (secondary N) is 3. The van der Waals surface area contributed by atoms with Crippen molar-refractivity contribution in [2.45, 2.75) is 64.8 Å². The van der Waals surface area contributed by atoms with Crippen molar-refractivity contribution in [1.82, 2.24) is 26.1 Å². The number of hydrogen-bond acceptors (Lipinski definition) is 9. The lowest BCUT2D eigenvalue weighted by Gasteiger charge is -2.36. The molecule has 12 heteroatoms. The lowest BCUT2D eigenvalue weighted by atomic mass is 9.88. The summed E-state index contributed by atoms with van der Waals surface area (Å²) in [5, 5.41) is 7.99. The number of carbonyl (C=O) groups is 4. The summed E-state index contributed by atoms with van der Waals surface area (Å²) in [6.45, 7) is 7.38. The molecule has 1 aromatic heterocycles. The zero-order valence-electron chi connectivity index (χ0n) is 24.9.